The normalized spacial score (nSPS) is 11.5. The number of hydrogen-bond acceptors (Lipinski definition) is 3. The fourth-order valence-electron chi connectivity index (χ4n) is 1.97. The first-order valence-electron chi connectivity index (χ1n) is 7.08. The summed E-state index contributed by atoms with van der Waals surface area (Å²) in [5.74, 6) is -1.31. The molecule has 5 nitrogen and oxygen atoms in total. The lowest BCUT2D eigenvalue weighted by Crippen LogP contribution is -2.30. The first kappa shape index (κ1) is 18.4. The molecule has 2 aromatic carbocycles. The number of rotatable bonds is 5. The molecule has 0 bridgehead atoms. The van der Waals surface area contributed by atoms with Crippen LogP contribution in [0.2, 0.25) is 5.02 Å². The number of sulfonamides is 1. The predicted octanol–water partition coefficient (Wildman–Crippen LogP) is 3.42. The molecule has 128 valence electrons. The number of nitrogens with one attached hydrogen (secondary N) is 2. The van der Waals surface area contributed by atoms with Gasteiger partial charge in [0, 0.05) is 16.6 Å². The van der Waals surface area contributed by atoms with Crippen LogP contribution in [0, 0.1) is 5.82 Å². The second-order valence-electron chi connectivity index (χ2n) is 5.38. The van der Waals surface area contributed by atoms with E-state index in [2.05, 4.69) is 10.0 Å². The highest BCUT2D eigenvalue weighted by atomic mass is 35.5. The third-order valence-electron chi connectivity index (χ3n) is 2.98. The Bertz CT molecular complexity index is 869. The van der Waals surface area contributed by atoms with Crippen molar-refractivity contribution in [1.29, 1.82) is 0 Å². The van der Waals surface area contributed by atoms with Gasteiger partial charge in [0.25, 0.3) is 5.91 Å². The molecular weight excluding hydrogens is 355 g/mol. The number of hydrogen-bond donors (Lipinski definition) is 2. The van der Waals surface area contributed by atoms with Gasteiger partial charge >= 0.3 is 0 Å². The minimum absolute atomic E-state index is 0.0413. The molecule has 0 aliphatic heterocycles. The Kier molecular flexibility index (Phi) is 5.58. The van der Waals surface area contributed by atoms with Crippen molar-refractivity contribution in [3.8, 4) is 0 Å². The summed E-state index contributed by atoms with van der Waals surface area (Å²) < 4.78 is 40.5. The van der Waals surface area contributed by atoms with Gasteiger partial charge in [-0.3, -0.25) is 4.79 Å². The van der Waals surface area contributed by atoms with E-state index in [4.69, 9.17) is 11.6 Å². The molecule has 0 fully saturated rings. The molecule has 1 amide bonds. The van der Waals surface area contributed by atoms with Crippen LogP contribution < -0.4 is 10.0 Å². The van der Waals surface area contributed by atoms with E-state index in [1.807, 2.05) is 0 Å². The Hall–Kier alpha value is -1.96. The Morgan fingerprint density at radius 2 is 1.88 bits per heavy atom. The van der Waals surface area contributed by atoms with Gasteiger partial charge in [0.05, 0.1) is 10.6 Å². The second-order valence-corrected chi connectivity index (χ2v) is 7.53. The molecule has 0 spiro atoms. The van der Waals surface area contributed by atoms with Crippen LogP contribution in [-0.2, 0) is 10.0 Å². The van der Waals surface area contributed by atoms with E-state index >= 15 is 0 Å². The summed E-state index contributed by atoms with van der Waals surface area (Å²) in [5.41, 5.74) is 0.0500. The molecule has 0 aromatic heterocycles. The molecule has 8 heteroatoms. The SMILES string of the molecule is CC(C)NS(=O)(=O)c1cccc(C(=O)Nc2ccc(Cl)cc2F)c1. The van der Waals surface area contributed by atoms with Gasteiger partial charge in [-0.25, -0.2) is 17.5 Å². The summed E-state index contributed by atoms with van der Waals surface area (Å²) in [4.78, 5) is 12.2. The third kappa shape index (κ3) is 4.53. The van der Waals surface area contributed by atoms with E-state index in [-0.39, 0.29) is 27.2 Å². The smallest absolute Gasteiger partial charge is 0.255 e. The minimum Gasteiger partial charge on any atom is -0.319 e. The number of carbonyl (C=O) groups is 1. The zero-order valence-electron chi connectivity index (χ0n) is 13.0. The highest BCUT2D eigenvalue weighted by molar-refractivity contribution is 7.89. The standard InChI is InChI=1S/C16H16ClFN2O3S/c1-10(2)20-24(22,23)13-5-3-4-11(8-13)16(21)19-15-7-6-12(17)9-14(15)18/h3-10,20H,1-2H3,(H,19,21). The molecule has 24 heavy (non-hydrogen) atoms. The van der Waals surface area contributed by atoms with Crippen LogP contribution in [-0.4, -0.2) is 20.4 Å². The monoisotopic (exact) mass is 370 g/mol. The summed E-state index contributed by atoms with van der Waals surface area (Å²) in [6.45, 7) is 3.38. The van der Waals surface area contributed by atoms with Crippen molar-refractivity contribution < 1.29 is 17.6 Å². The molecule has 2 aromatic rings. The van der Waals surface area contributed by atoms with E-state index in [1.54, 1.807) is 13.8 Å². The fraction of sp³-hybridized carbons (Fsp3) is 0.188. The Morgan fingerprint density at radius 3 is 2.50 bits per heavy atom. The van der Waals surface area contributed by atoms with Gasteiger partial charge in [-0.2, -0.15) is 0 Å². The van der Waals surface area contributed by atoms with Crippen molar-refractivity contribution in [2.45, 2.75) is 24.8 Å². The first-order valence-corrected chi connectivity index (χ1v) is 8.94. The molecule has 0 aliphatic carbocycles. The van der Waals surface area contributed by atoms with Gasteiger partial charge in [0.2, 0.25) is 10.0 Å². The average Bonchev–Trinajstić information content (AvgIpc) is 2.49. The lowest BCUT2D eigenvalue weighted by molar-refractivity contribution is 0.102. The first-order chi connectivity index (χ1) is 11.2. The van der Waals surface area contributed by atoms with Crippen molar-refractivity contribution in [1.82, 2.24) is 4.72 Å². The van der Waals surface area contributed by atoms with Crippen LogP contribution >= 0.6 is 11.6 Å². The van der Waals surface area contributed by atoms with Gasteiger partial charge in [-0.1, -0.05) is 17.7 Å². The van der Waals surface area contributed by atoms with E-state index in [1.165, 1.54) is 36.4 Å². The zero-order chi connectivity index (χ0) is 17.9. The minimum atomic E-state index is -3.72. The molecular formula is C16H16ClFN2O3S. The van der Waals surface area contributed by atoms with Crippen molar-refractivity contribution in [2.75, 3.05) is 5.32 Å². The van der Waals surface area contributed by atoms with Crippen molar-refractivity contribution >= 4 is 33.2 Å². The summed E-state index contributed by atoms with van der Waals surface area (Å²) in [6, 6.07) is 9.06. The molecule has 0 aliphatic rings. The van der Waals surface area contributed by atoms with E-state index in [9.17, 15) is 17.6 Å². The maximum absolute atomic E-state index is 13.7. The van der Waals surface area contributed by atoms with Crippen molar-refractivity contribution in [3.63, 3.8) is 0 Å². The Balaban J connectivity index is 2.26. The van der Waals surface area contributed by atoms with Crippen LogP contribution in [0.5, 0.6) is 0 Å². The zero-order valence-corrected chi connectivity index (χ0v) is 14.6. The Labute approximate surface area is 144 Å². The number of carbonyl (C=O) groups excluding carboxylic acids is 1. The summed E-state index contributed by atoms with van der Waals surface area (Å²) in [5, 5.41) is 2.59. The largest absolute Gasteiger partial charge is 0.319 e. The van der Waals surface area contributed by atoms with Crippen LogP contribution in [0.4, 0.5) is 10.1 Å². The van der Waals surface area contributed by atoms with Gasteiger partial charge < -0.3 is 5.32 Å². The number of anilines is 1. The van der Waals surface area contributed by atoms with Crippen molar-refractivity contribution in [3.05, 3.63) is 58.9 Å². The van der Waals surface area contributed by atoms with Gasteiger partial charge in [-0.05, 0) is 50.2 Å². The lowest BCUT2D eigenvalue weighted by Gasteiger charge is -2.11. The van der Waals surface area contributed by atoms with Crippen LogP contribution in [0.15, 0.2) is 47.4 Å². The molecule has 0 atom stereocenters. The average molecular weight is 371 g/mol. The van der Waals surface area contributed by atoms with Gasteiger partial charge in [-0.15, -0.1) is 0 Å². The molecule has 0 radical (unpaired) electrons. The van der Waals surface area contributed by atoms with Crippen LogP contribution in [0.1, 0.15) is 24.2 Å². The molecule has 2 rings (SSSR count). The number of halogens is 2. The van der Waals surface area contributed by atoms with Crippen molar-refractivity contribution in [2.24, 2.45) is 0 Å². The van der Waals surface area contributed by atoms with Crippen LogP contribution in [0.3, 0.4) is 0 Å². The molecule has 0 unspecified atom stereocenters. The highest BCUT2D eigenvalue weighted by Crippen LogP contribution is 2.20. The Morgan fingerprint density at radius 1 is 1.17 bits per heavy atom. The molecule has 0 saturated heterocycles. The fourth-order valence-corrected chi connectivity index (χ4v) is 3.42. The number of amides is 1. The highest BCUT2D eigenvalue weighted by Gasteiger charge is 2.17. The van der Waals surface area contributed by atoms with E-state index < -0.39 is 21.7 Å². The summed E-state index contributed by atoms with van der Waals surface area (Å²) in [7, 11) is -3.72. The topological polar surface area (TPSA) is 75.3 Å². The molecule has 0 saturated carbocycles. The van der Waals surface area contributed by atoms with Gasteiger partial charge in [0.1, 0.15) is 5.82 Å². The van der Waals surface area contributed by atoms with Gasteiger partial charge in [0.15, 0.2) is 0 Å². The third-order valence-corrected chi connectivity index (χ3v) is 4.87. The van der Waals surface area contributed by atoms with E-state index in [0.717, 1.165) is 6.07 Å². The number of benzene rings is 2. The predicted molar refractivity (Wildman–Crippen MR) is 91.3 cm³/mol. The maximum atomic E-state index is 13.7. The maximum Gasteiger partial charge on any atom is 0.255 e. The molecule has 0 heterocycles. The molecule has 2 N–H and O–H groups in total. The van der Waals surface area contributed by atoms with E-state index in [0.29, 0.717) is 0 Å². The van der Waals surface area contributed by atoms with Crippen LogP contribution in [0.25, 0.3) is 0 Å². The second kappa shape index (κ2) is 7.29. The lowest BCUT2D eigenvalue weighted by atomic mass is 10.2. The summed E-state index contributed by atoms with van der Waals surface area (Å²) in [6.07, 6.45) is 0. The summed E-state index contributed by atoms with van der Waals surface area (Å²) >= 11 is 5.66. The quantitative estimate of drug-likeness (QED) is 0.846.